The molecule has 0 aromatic carbocycles. The largest absolute Gasteiger partial charge is 0.258 e. The second kappa shape index (κ2) is 6.31. The van der Waals surface area contributed by atoms with Crippen LogP contribution in [-0.4, -0.2) is 44.5 Å². The monoisotopic (exact) mass is 376 g/mol. The maximum absolute atomic E-state index is 7.37. The van der Waals surface area contributed by atoms with E-state index in [4.69, 9.17) is 6.57 Å². The van der Waals surface area contributed by atoms with Crippen LogP contribution >= 0.6 is 0 Å². The molecule has 28 heavy (non-hydrogen) atoms. The molecule has 4 heterocycles. The number of H-pyrrole nitrogens is 1. The number of aromatic amines is 1. The summed E-state index contributed by atoms with van der Waals surface area (Å²) in [5.41, 5.74) is 1.88. The van der Waals surface area contributed by atoms with Gasteiger partial charge in [-0.05, 0) is 6.92 Å². The molecule has 0 bridgehead atoms. The quantitative estimate of drug-likeness (QED) is 0.432. The molecule has 0 aliphatic carbocycles. The predicted molar refractivity (Wildman–Crippen MR) is 98.2 cm³/mol. The molecule has 1 N–H and O–H groups in total. The number of azo groups is 1. The van der Waals surface area contributed by atoms with E-state index in [1.807, 2.05) is 27.7 Å². The Bertz CT molecular complexity index is 1210. The van der Waals surface area contributed by atoms with Crippen LogP contribution in [0.3, 0.4) is 0 Å². The van der Waals surface area contributed by atoms with Crippen molar-refractivity contribution in [2.24, 2.45) is 10.2 Å². The fourth-order valence-corrected chi connectivity index (χ4v) is 2.62. The van der Waals surface area contributed by atoms with Gasteiger partial charge in [-0.1, -0.05) is 20.8 Å². The van der Waals surface area contributed by atoms with Gasteiger partial charge in [0.05, 0.1) is 18.5 Å². The highest BCUT2D eigenvalue weighted by Crippen LogP contribution is 2.36. The van der Waals surface area contributed by atoms with Crippen LogP contribution in [0, 0.1) is 13.5 Å². The van der Waals surface area contributed by atoms with E-state index in [9.17, 15) is 0 Å². The van der Waals surface area contributed by atoms with Crippen LogP contribution in [0.2, 0.25) is 0 Å². The summed E-state index contributed by atoms with van der Waals surface area (Å²) >= 11 is 0. The third kappa shape index (κ3) is 2.78. The zero-order valence-electron chi connectivity index (χ0n) is 15.7. The highest BCUT2D eigenvalue weighted by Gasteiger charge is 2.26. The average Bonchev–Trinajstić information content (AvgIpc) is 3.35. The first kappa shape index (κ1) is 17.4. The topological polar surface area (TPSA) is 132 Å². The number of hydrogen-bond donors (Lipinski definition) is 1. The van der Waals surface area contributed by atoms with Crippen molar-refractivity contribution in [2.75, 3.05) is 0 Å². The third-order valence-electron chi connectivity index (χ3n) is 3.96. The maximum Gasteiger partial charge on any atom is 0.254 e. The average molecular weight is 376 g/mol. The number of nitrogens with one attached hydrogen (secondary N) is 1. The minimum atomic E-state index is -0.273. The van der Waals surface area contributed by atoms with Crippen LogP contribution in [0.5, 0.6) is 0 Å². The van der Waals surface area contributed by atoms with Crippen molar-refractivity contribution in [1.82, 2.24) is 44.5 Å². The Balaban J connectivity index is 1.87. The van der Waals surface area contributed by atoms with Gasteiger partial charge in [0.15, 0.2) is 17.2 Å². The van der Waals surface area contributed by atoms with Gasteiger partial charge in [0.1, 0.15) is 18.5 Å². The highest BCUT2D eigenvalue weighted by molar-refractivity contribution is 5.69. The molecule has 0 radical (unpaired) electrons. The SMILES string of the molecule is [C-]#[N+]c1cnn(-c2ncncn2)c1/N=N/c1c(C(C)(C)C)nn2c(C)n[nH]c12. The molecule has 0 fully saturated rings. The van der Waals surface area contributed by atoms with Gasteiger partial charge in [-0.3, -0.25) is 5.10 Å². The van der Waals surface area contributed by atoms with Crippen molar-refractivity contribution in [3.63, 3.8) is 0 Å². The summed E-state index contributed by atoms with van der Waals surface area (Å²) in [6.45, 7) is 15.3. The molecular formula is C16H16N12. The van der Waals surface area contributed by atoms with Crippen molar-refractivity contribution < 1.29 is 0 Å². The molecule has 0 spiro atoms. The van der Waals surface area contributed by atoms with E-state index in [-0.39, 0.29) is 22.9 Å². The zero-order valence-corrected chi connectivity index (χ0v) is 15.7. The van der Waals surface area contributed by atoms with E-state index in [1.54, 1.807) is 4.52 Å². The summed E-state index contributed by atoms with van der Waals surface area (Å²) in [7, 11) is 0. The Morgan fingerprint density at radius 3 is 2.61 bits per heavy atom. The summed E-state index contributed by atoms with van der Waals surface area (Å²) in [6.07, 6.45) is 4.08. The lowest BCUT2D eigenvalue weighted by atomic mass is 9.91. The Labute approximate surface area is 159 Å². The van der Waals surface area contributed by atoms with Gasteiger partial charge in [-0.25, -0.2) is 9.83 Å². The smallest absolute Gasteiger partial charge is 0.254 e. The number of aryl methyl sites for hydroxylation is 1. The first-order valence-corrected chi connectivity index (χ1v) is 8.34. The Morgan fingerprint density at radius 1 is 1.18 bits per heavy atom. The molecule has 0 aliphatic heterocycles. The van der Waals surface area contributed by atoms with E-state index >= 15 is 0 Å². The molecule has 0 aliphatic rings. The van der Waals surface area contributed by atoms with Crippen molar-refractivity contribution in [3.8, 4) is 5.95 Å². The molecule has 0 amide bonds. The van der Waals surface area contributed by atoms with Gasteiger partial charge in [0.25, 0.3) is 11.6 Å². The number of nitrogens with zero attached hydrogens (tertiary/aromatic N) is 11. The first-order chi connectivity index (χ1) is 13.4. The molecule has 0 saturated heterocycles. The molecule has 0 atom stereocenters. The van der Waals surface area contributed by atoms with Crippen molar-refractivity contribution in [1.29, 1.82) is 0 Å². The van der Waals surface area contributed by atoms with Gasteiger partial charge >= 0.3 is 0 Å². The number of aromatic nitrogens is 9. The molecule has 0 saturated carbocycles. The summed E-state index contributed by atoms with van der Waals surface area (Å²) in [6, 6.07) is 0. The van der Waals surface area contributed by atoms with Gasteiger partial charge in [-0.15, -0.1) is 10.2 Å². The molecular weight excluding hydrogens is 360 g/mol. The Kier molecular flexibility index (Phi) is 3.92. The van der Waals surface area contributed by atoms with Crippen LogP contribution < -0.4 is 0 Å². The minimum absolute atomic E-state index is 0.219. The molecule has 4 aromatic heterocycles. The van der Waals surface area contributed by atoms with Crippen molar-refractivity contribution in [3.05, 3.63) is 41.8 Å². The predicted octanol–water partition coefficient (Wildman–Crippen LogP) is 3.00. The number of rotatable bonds is 3. The molecule has 4 aromatic rings. The fourth-order valence-electron chi connectivity index (χ4n) is 2.62. The van der Waals surface area contributed by atoms with Crippen molar-refractivity contribution >= 4 is 22.8 Å². The van der Waals surface area contributed by atoms with E-state index in [1.165, 1.54) is 23.5 Å². The second-order valence-corrected chi connectivity index (χ2v) is 6.99. The van der Waals surface area contributed by atoms with E-state index in [0.29, 0.717) is 17.2 Å². The van der Waals surface area contributed by atoms with Crippen LogP contribution in [0.15, 0.2) is 29.1 Å². The maximum atomic E-state index is 7.37. The molecule has 0 unspecified atom stereocenters. The van der Waals surface area contributed by atoms with Gasteiger partial charge in [0, 0.05) is 5.41 Å². The van der Waals surface area contributed by atoms with Crippen LogP contribution in [0.25, 0.3) is 16.4 Å². The van der Waals surface area contributed by atoms with Crippen LogP contribution in [-0.2, 0) is 5.41 Å². The lowest BCUT2D eigenvalue weighted by Crippen LogP contribution is -2.12. The first-order valence-electron chi connectivity index (χ1n) is 8.34. The molecule has 12 heteroatoms. The zero-order chi connectivity index (χ0) is 19.9. The van der Waals surface area contributed by atoms with Crippen LogP contribution in [0.1, 0.15) is 32.3 Å². The molecule has 4 rings (SSSR count). The second-order valence-electron chi connectivity index (χ2n) is 6.99. The van der Waals surface area contributed by atoms with E-state index < -0.39 is 0 Å². The standard InChI is InChI=1S/C16H16N12/c1-9-22-25-14-11(12(16(2,3)4)26-27(9)14)23-24-13-10(17-5)6-21-28(13)15-19-7-18-8-20-15/h6-8,25H,1-4H3/b24-23+. The van der Waals surface area contributed by atoms with Gasteiger partial charge < -0.3 is 0 Å². The fraction of sp³-hybridized carbons (Fsp3) is 0.312. The normalized spacial score (nSPS) is 12.1. The molecule has 140 valence electrons. The summed E-state index contributed by atoms with van der Waals surface area (Å²) < 4.78 is 3.03. The van der Waals surface area contributed by atoms with E-state index in [0.717, 1.165) is 5.69 Å². The summed E-state index contributed by atoms with van der Waals surface area (Å²) in [5.74, 6) is 1.17. The third-order valence-corrected chi connectivity index (χ3v) is 3.96. The highest BCUT2D eigenvalue weighted by atomic mass is 15.4. The van der Waals surface area contributed by atoms with Crippen LogP contribution in [0.4, 0.5) is 17.2 Å². The van der Waals surface area contributed by atoms with Gasteiger partial charge in [0.2, 0.25) is 0 Å². The number of hydrogen-bond acceptors (Lipinski definition) is 8. The number of fused-ring (bicyclic) bond motifs is 1. The lowest BCUT2D eigenvalue weighted by molar-refractivity contribution is 0.561. The Hall–Kier alpha value is -4.01. The summed E-state index contributed by atoms with van der Waals surface area (Å²) in [5, 5.41) is 24.6. The summed E-state index contributed by atoms with van der Waals surface area (Å²) in [4.78, 5) is 15.4. The minimum Gasteiger partial charge on any atom is -0.258 e. The molecule has 12 nitrogen and oxygen atoms in total. The van der Waals surface area contributed by atoms with E-state index in [2.05, 4.69) is 50.4 Å². The lowest BCUT2D eigenvalue weighted by Gasteiger charge is -2.15. The van der Waals surface area contributed by atoms with Crippen molar-refractivity contribution in [2.45, 2.75) is 33.1 Å². The Morgan fingerprint density at radius 2 is 1.93 bits per heavy atom. The van der Waals surface area contributed by atoms with Gasteiger partial charge in [-0.2, -0.15) is 34.5 Å².